The Labute approximate surface area is 119 Å². The number of rotatable bonds is 4. The first-order valence-electron chi connectivity index (χ1n) is 7.99. The second-order valence-corrected chi connectivity index (χ2v) is 7.17. The molecule has 3 atom stereocenters. The molecule has 0 radical (unpaired) electrons. The Morgan fingerprint density at radius 3 is 2.74 bits per heavy atom. The summed E-state index contributed by atoms with van der Waals surface area (Å²) in [4.78, 5) is 2.63. The molecule has 3 heteroatoms. The minimum atomic E-state index is 0.439. The van der Waals surface area contributed by atoms with Gasteiger partial charge in [0.25, 0.3) is 0 Å². The van der Waals surface area contributed by atoms with Crippen LogP contribution in [0.4, 0.5) is 0 Å². The highest BCUT2D eigenvalue weighted by atomic mass is 16.5. The molecule has 0 bridgehead atoms. The second-order valence-electron chi connectivity index (χ2n) is 7.17. The molecule has 0 aromatic rings. The van der Waals surface area contributed by atoms with Gasteiger partial charge >= 0.3 is 0 Å². The Morgan fingerprint density at radius 1 is 1.26 bits per heavy atom. The van der Waals surface area contributed by atoms with Gasteiger partial charge in [-0.2, -0.15) is 0 Å². The molecule has 112 valence electrons. The van der Waals surface area contributed by atoms with E-state index in [2.05, 4.69) is 31.1 Å². The minimum absolute atomic E-state index is 0.439. The first kappa shape index (κ1) is 15.3. The highest BCUT2D eigenvalue weighted by Gasteiger charge is 2.38. The van der Waals surface area contributed by atoms with Gasteiger partial charge in [-0.1, -0.05) is 20.3 Å². The van der Waals surface area contributed by atoms with Crippen LogP contribution in [0.25, 0.3) is 0 Å². The molecule has 1 heterocycles. The SMILES string of the molecule is CNC1C(CN2CCCC(OC)C2)CCCC1(C)C. The van der Waals surface area contributed by atoms with Crippen molar-refractivity contribution in [2.24, 2.45) is 11.3 Å². The van der Waals surface area contributed by atoms with E-state index in [1.807, 2.05) is 7.11 Å². The largest absolute Gasteiger partial charge is 0.380 e. The second kappa shape index (κ2) is 6.55. The summed E-state index contributed by atoms with van der Waals surface area (Å²) in [7, 11) is 3.99. The molecule has 1 aliphatic carbocycles. The summed E-state index contributed by atoms with van der Waals surface area (Å²) < 4.78 is 5.55. The van der Waals surface area contributed by atoms with Gasteiger partial charge in [0, 0.05) is 26.2 Å². The van der Waals surface area contributed by atoms with E-state index < -0.39 is 0 Å². The zero-order chi connectivity index (χ0) is 13.9. The fourth-order valence-electron chi connectivity index (χ4n) is 4.31. The van der Waals surface area contributed by atoms with Gasteiger partial charge in [-0.3, -0.25) is 0 Å². The average Bonchev–Trinajstić information content (AvgIpc) is 2.38. The van der Waals surface area contributed by atoms with Gasteiger partial charge in [0.15, 0.2) is 0 Å². The summed E-state index contributed by atoms with van der Waals surface area (Å²) in [6, 6.07) is 0.657. The van der Waals surface area contributed by atoms with E-state index >= 15 is 0 Å². The molecule has 1 aliphatic heterocycles. The number of nitrogens with zero attached hydrogens (tertiary/aromatic N) is 1. The maximum Gasteiger partial charge on any atom is 0.0698 e. The average molecular weight is 268 g/mol. The standard InChI is InChI=1S/C16H32N2O/c1-16(2)9-5-7-13(15(16)17-3)11-18-10-6-8-14(12-18)19-4/h13-15,17H,5-12H2,1-4H3. The lowest BCUT2D eigenvalue weighted by molar-refractivity contribution is 0.0118. The van der Waals surface area contributed by atoms with Crippen molar-refractivity contribution in [1.82, 2.24) is 10.2 Å². The fraction of sp³-hybridized carbons (Fsp3) is 1.00. The van der Waals surface area contributed by atoms with E-state index in [1.165, 1.54) is 45.2 Å². The molecule has 0 aromatic carbocycles. The van der Waals surface area contributed by atoms with Crippen LogP contribution in [0.1, 0.15) is 46.0 Å². The van der Waals surface area contributed by atoms with Crippen molar-refractivity contribution in [2.45, 2.75) is 58.1 Å². The van der Waals surface area contributed by atoms with E-state index in [9.17, 15) is 0 Å². The smallest absolute Gasteiger partial charge is 0.0698 e. The molecular weight excluding hydrogens is 236 g/mol. The molecule has 1 saturated carbocycles. The van der Waals surface area contributed by atoms with Gasteiger partial charge < -0.3 is 15.0 Å². The topological polar surface area (TPSA) is 24.5 Å². The molecule has 2 rings (SSSR count). The third-order valence-electron chi connectivity index (χ3n) is 5.31. The van der Waals surface area contributed by atoms with Crippen molar-refractivity contribution in [2.75, 3.05) is 33.8 Å². The number of piperidine rings is 1. The first-order valence-corrected chi connectivity index (χ1v) is 7.99. The number of hydrogen-bond donors (Lipinski definition) is 1. The molecule has 3 nitrogen and oxygen atoms in total. The summed E-state index contributed by atoms with van der Waals surface area (Å²) in [6.07, 6.45) is 7.10. The van der Waals surface area contributed by atoms with Gasteiger partial charge in [0.2, 0.25) is 0 Å². The Bertz CT molecular complexity index is 280. The van der Waals surface area contributed by atoms with Crippen LogP contribution in [0.3, 0.4) is 0 Å². The predicted molar refractivity (Wildman–Crippen MR) is 80.4 cm³/mol. The Balaban J connectivity index is 1.93. The van der Waals surface area contributed by atoms with Gasteiger partial charge in [-0.15, -0.1) is 0 Å². The van der Waals surface area contributed by atoms with Crippen molar-refractivity contribution < 1.29 is 4.74 Å². The lowest BCUT2D eigenvalue weighted by Crippen LogP contribution is -2.53. The summed E-state index contributed by atoms with van der Waals surface area (Å²) in [5.74, 6) is 0.796. The van der Waals surface area contributed by atoms with Gasteiger partial charge in [0.05, 0.1) is 6.10 Å². The monoisotopic (exact) mass is 268 g/mol. The third kappa shape index (κ3) is 3.71. The van der Waals surface area contributed by atoms with Crippen LogP contribution in [-0.2, 0) is 4.74 Å². The molecule has 3 unspecified atom stereocenters. The Morgan fingerprint density at radius 2 is 2.05 bits per heavy atom. The van der Waals surface area contributed by atoms with Crippen LogP contribution in [-0.4, -0.2) is 50.8 Å². The molecule has 2 aliphatic rings. The molecule has 19 heavy (non-hydrogen) atoms. The summed E-state index contributed by atoms with van der Waals surface area (Å²) in [6.45, 7) is 8.48. The fourth-order valence-corrected chi connectivity index (χ4v) is 4.31. The van der Waals surface area contributed by atoms with Crippen LogP contribution >= 0.6 is 0 Å². The summed E-state index contributed by atoms with van der Waals surface area (Å²) in [5, 5.41) is 3.60. The predicted octanol–water partition coefficient (Wildman–Crippen LogP) is 2.51. The molecular formula is C16H32N2O. The van der Waals surface area contributed by atoms with Crippen LogP contribution in [0.2, 0.25) is 0 Å². The van der Waals surface area contributed by atoms with Crippen molar-refractivity contribution in [3.63, 3.8) is 0 Å². The lowest BCUT2D eigenvalue weighted by atomic mass is 9.67. The Kier molecular flexibility index (Phi) is 5.27. The van der Waals surface area contributed by atoms with Crippen molar-refractivity contribution >= 4 is 0 Å². The van der Waals surface area contributed by atoms with Crippen LogP contribution in [0, 0.1) is 11.3 Å². The lowest BCUT2D eigenvalue weighted by Gasteiger charge is -2.46. The third-order valence-corrected chi connectivity index (χ3v) is 5.31. The molecule has 1 N–H and O–H groups in total. The highest BCUT2D eigenvalue weighted by molar-refractivity contribution is 4.94. The number of hydrogen-bond acceptors (Lipinski definition) is 3. The number of methoxy groups -OCH3 is 1. The maximum atomic E-state index is 5.55. The van der Waals surface area contributed by atoms with E-state index in [0.717, 1.165) is 12.5 Å². The number of ether oxygens (including phenoxy) is 1. The van der Waals surface area contributed by atoms with E-state index in [0.29, 0.717) is 17.6 Å². The molecule has 0 spiro atoms. The van der Waals surface area contributed by atoms with E-state index in [4.69, 9.17) is 4.74 Å². The number of likely N-dealkylation sites (tertiary alicyclic amines) is 1. The van der Waals surface area contributed by atoms with Crippen LogP contribution in [0.5, 0.6) is 0 Å². The Hall–Kier alpha value is -0.120. The molecule has 0 amide bonds. The van der Waals surface area contributed by atoms with Crippen LogP contribution < -0.4 is 5.32 Å². The quantitative estimate of drug-likeness (QED) is 0.848. The molecule has 2 fully saturated rings. The first-order chi connectivity index (χ1) is 9.06. The zero-order valence-electron chi connectivity index (χ0n) is 13.2. The highest BCUT2D eigenvalue weighted by Crippen LogP contribution is 2.39. The zero-order valence-corrected chi connectivity index (χ0v) is 13.2. The summed E-state index contributed by atoms with van der Waals surface area (Å²) in [5.41, 5.74) is 0.439. The van der Waals surface area contributed by atoms with Crippen LogP contribution in [0.15, 0.2) is 0 Å². The van der Waals surface area contributed by atoms with Gasteiger partial charge in [0.1, 0.15) is 0 Å². The normalized spacial score (nSPS) is 36.3. The molecule has 0 aromatic heterocycles. The van der Waals surface area contributed by atoms with Crippen molar-refractivity contribution in [1.29, 1.82) is 0 Å². The van der Waals surface area contributed by atoms with Crippen molar-refractivity contribution in [3.05, 3.63) is 0 Å². The number of nitrogens with one attached hydrogen (secondary N) is 1. The van der Waals surface area contributed by atoms with Gasteiger partial charge in [-0.25, -0.2) is 0 Å². The maximum absolute atomic E-state index is 5.55. The molecule has 1 saturated heterocycles. The van der Waals surface area contributed by atoms with E-state index in [-0.39, 0.29) is 0 Å². The minimum Gasteiger partial charge on any atom is -0.380 e. The van der Waals surface area contributed by atoms with Crippen molar-refractivity contribution in [3.8, 4) is 0 Å². The van der Waals surface area contributed by atoms with E-state index in [1.54, 1.807) is 0 Å². The van der Waals surface area contributed by atoms with Gasteiger partial charge in [-0.05, 0) is 50.6 Å². The summed E-state index contributed by atoms with van der Waals surface area (Å²) >= 11 is 0.